The summed E-state index contributed by atoms with van der Waals surface area (Å²) in [7, 11) is 0. The van der Waals surface area contributed by atoms with Crippen molar-refractivity contribution in [3.05, 3.63) is 23.8 Å². The summed E-state index contributed by atoms with van der Waals surface area (Å²) in [6.45, 7) is 3.30. The van der Waals surface area contributed by atoms with Crippen molar-refractivity contribution >= 4 is 11.7 Å². The van der Waals surface area contributed by atoms with Gasteiger partial charge in [-0.25, -0.2) is 0 Å². The molecule has 2 rings (SSSR count). The highest BCUT2D eigenvalue weighted by atomic mass is 16.6. The molecule has 1 N–H and O–H groups in total. The lowest BCUT2D eigenvalue weighted by Gasteiger charge is -2.18. The van der Waals surface area contributed by atoms with Gasteiger partial charge in [-0.1, -0.05) is 84.0 Å². The van der Waals surface area contributed by atoms with Crippen LogP contribution in [0.5, 0.6) is 11.5 Å². The summed E-state index contributed by atoms with van der Waals surface area (Å²) in [5.41, 5.74) is 0.533. The maximum atomic E-state index is 12.3. The molecule has 0 unspecified atom stereocenters. The van der Waals surface area contributed by atoms with Gasteiger partial charge in [0.05, 0.1) is 6.54 Å². The quantitative estimate of drug-likeness (QED) is 0.234. The van der Waals surface area contributed by atoms with Gasteiger partial charge in [0.15, 0.2) is 17.3 Å². The Bertz CT molecular complexity index is 659. The topological polar surface area (TPSA) is 64.6 Å². The largest absolute Gasteiger partial charge is 0.486 e. The first-order valence-corrected chi connectivity index (χ1v) is 12.4. The fraction of sp³-hybridized carbons (Fsp3) is 0.692. The van der Waals surface area contributed by atoms with E-state index >= 15 is 0 Å². The lowest BCUT2D eigenvalue weighted by Crippen LogP contribution is -2.29. The number of Topliss-reactive ketones (excluding diaryl/α,β-unsaturated/α-hetero) is 1. The lowest BCUT2D eigenvalue weighted by atomic mass is 10.0. The van der Waals surface area contributed by atoms with E-state index in [1.165, 1.54) is 70.6 Å². The molecule has 0 aliphatic carbocycles. The molecule has 1 aromatic rings. The second-order valence-corrected chi connectivity index (χ2v) is 8.55. The third kappa shape index (κ3) is 10.7. The fourth-order valence-corrected chi connectivity index (χ4v) is 3.89. The summed E-state index contributed by atoms with van der Waals surface area (Å²) in [5.74, 6) is 1.09. The zero-order valence-electron chi connectivity index (χ0n) is 19.4. The van der Waals surface area contributed by atoms with Crippen molar-refractivity contribution in [1.29, 1.82) is 0 Å². The van der Waals surface area contributed by atoms with Crippen molar-refractivity contribution in [1.82, 2.24) is 5.32 Å². The Kier molecular flexibility index (Phi) is 12.8. The van der Waals surface area contributed by atoms with E-state index in [0.29, 0.717) is 36.7 Å². The number of ether oxygens (including phenoxy) is 2. The fourth-order valence-electron chi connectivity index (χ4n) is 3.89. The van der Waals surface area contributed by atoms with E-state index in [-0.39, 0.29) is 18.2 Å². The second kappa shape index (κ2) is 15.7. The molecule has 5 heteroatoms. The summed E-state index contributed by atoms with van der Waals surface area (Å²) in [6, 6.07) is 5.15. The molecule has 0 saturated carbocycles. The van der Waals surface area contributed by atoms with E-state index in [2.05, 4.69) is 12.2 Å². The molecule has 5 nitrogen and oxygen atoms in total. The van der Waals surface area contributed by atoms with Crippen LogP contribution in [0.3, 0.4) is 0 Å². The zero-order valence-corrected chi connectivity index (χ0v) is 19.4. The summed E-state index contributed by atoms with van der Waals surface area (Å²) in [5, 5.41) is 2.74. The monoisotopic (exact) mass is 431 g/mol. The van der Waals surface area contributed by atoms with E-state index in [1.54, 1.807) is 18.2 Å². The van der Waals surface area contributed by atoms with Gasteiger partial charge in [0.25, 0.3) is 0 Å². The van der Waals surface area contributed by atoms with Crippen LogP contribution in [0.15, 0.2) is 18.2 Å². The Morgan fingerprint density at radius 3 is 1.94 bits per heavy atom. The molecule has 1 aliphatic rings. The van der Waals surface area contributed by atoms with Gasteiger partial charge < -0.3 is 14.8 Å². The van der Waals surface area contributed by atoms with Gasteiger partial charge in [0.2, 0.25) is 5.91 Å². The van der Waals surface area contributed by atoms with Crippen LogP contribution in [-0.4, -0.2) is 31.4 Å². The van der Waals surface area contributed by atoms with Gasteiger partial charge in [-0.15, -0.1) is 0 Å². The van der Waals surface area contributed by atoms with Crippen LogP contribution in [0.1, 0.15) is 107 Å². The predicted molar refractivity (Wildman–Crippen MR) is 125 cm³/mol. The minimum absolute atomic E-state index is 0.0247. The Balaban J connectivity index is 1.43. The number of fused-ring (bicyclic) bond motifs is 1. The van der Waals surface area contributed by atoms with Gasteiger partial charge in [0.1, 0.15) is 13.2 Å². The van der Waals surface area contributed by atoms with E-state index < -0.39 is 0 Å². The van der Waals surface area contributed by atoms with Crippen LogP contribution >= 0.6 is 0 Å². The van der Waals surface area contributed by atoms with Gasteiger partial charge in [-0.3, -0.25) is 9.59 Å². The van der Waals surface area contributed by atoms with Crippen LogP contribution in [0.25, 0.3) is 0 Å². The first kappa shape index (κ1) is 25.2. The molecule has 1 aliphatic heterocycles. The van der Waals surface area contributed by atoms with Crippen molar-refractivity contribution in [2.24, 2.45) is 0 Å². The SMILES string of the molecule is CCCCCCCCCCCCCCCC(=O)NCC(=O)c1ccc2c(c1)OCCO2. The average Bonchev–Trinajstić information content (AvgIpc) is 2.80. The highest BCUT2D eigenvalue weighted by Gasteiger charge is 2.15. The van der Waals surface area contributed by atoms with Gasteiger partial charge in [-0.2, -0.15) is 0 Å². The molecule has 0 aromatic heterocycles. The second-order valence-electron chi connectivity index (χ2n) is 8.55. The highest BCUT2D eigenvalue weighted by molar-refractivity contribution is 5.99. The molecule has 1 aromatic carbocycles. The Labute approximate surface area is 188 Å². The Morgan fingerprint density at radius 2 is 1.32 bits per heavy atom. The van der Waals surface area contributed by atoms with Crippen molar-refractivity contribution in [3.63, 3.8) is 0 Å². The minimum Gasteiger partial charge on any atom is -0.486 e. The van der Waals surface area contributed by atoms with Gasteiger partial charge in [0, 0.05) is 12.0 Å². The van der Waals surface area contributed by atoms with Crippen molar-refractivity contribution in [3.8, 4) is 11.5 Å². The third-order valence-corrected chi connectivity index (χ3v) is 5.82. The summed E-state index contributed by atoms with van der Waals surface area (Å²) < 4.78 is 11.0. The number of carbonyl (C=O) groups is 2. The lowest BCUT2D eigenvalue weighted by molar-refractivity contribution is -0.121. The molecule has 0 radical (unpaired) electrons. The van der Waals surface area contributed by atoms with E-state index in [4.69, 9.17) is 9.47 Å². The maximum absolute atomic E-state index is 12.3. The van der Waals surface area contributed by atoms with Crippen LogP contribution < -0.4 is 14.8 Å². The van der Waals surface area contributed by atoms with Crippen molar-refractivity contribution in [2.75, 3.05) is 19.8 Å². The van der Waals surface area contributed by atoms with Crippen LogP contribution in [0.2, 0.25) is 0 Å². The number of ketones is 1. The standard InChI is InChI=1S/C26H41NO4/c1-2-3-4-5-6-7-8-9-10-11-12-13-14-15-26(29)27-21-23(28)22-16-17-24-25(20-22)31-19-18-30-24/h16-17,20H,2-15,18-19,21H2,1H3,(H,27,29). The maximum Gasteiger partial charge on any atom is 0.220 e. The molecule has 31 heavy (non-hydrogen) atoms. The number of rotatable bonds is 17. The molecule has 0 fully saturated rings. The number of benzene rings is 1. The first-order chi connectivity index (χ1) is 15.2. The highest BCUT2D eigenvalue weighted by Crippen LogP contribution is 2.30. The van der Waals surface area contributed by atoms with E-state index in [1.807, 2.05) is 0 Å². The number of amides is 1. The third-order valence-electron chi connectivity index (χ3n) is 5.82. The summed E-state index contributed by atoms with van der Waals surface area (Å²) in [4.78, 5) is 24.3. The molecule has 0 bridgehead atoms. The average molecular weight is 432 g/mol. The van der Waals surface area contributed by atoms with Crippen molar-refractivity contribution < 1.29 is 19.1 Å². The number of carbonyl (C=O) groups excluding carboxylic acids is 2. The Morgan fingerprint density at radius 1 is 0.774 bits per heavy atom. The van der Waals surface area contributed by atoms with E-state index in [9.17, 15) is 9.59 Å². The molecule has 0 atom stereocenters. The predicted octanol–water partition coefficient (Wildman–Crippen LogP) is 6.24. The number of nitrogens with one attached hydrogen (secondary N) is 1. The van der Waals surface area contributed by atoms with Crippen LogP contribution in [0.4, 0.5) is 0 Å². The number of unbranched alkanes of at least 4 members (excludes halogenated alkanes) is 12. The number of hydrogen-bond acceptors (Lipinski definition) is 4. The molecule has 1 amide bonds. The normalized spacial score (nSPS) is 12.5. The zero-order chi connectivity index (χ0) is 22.2. The smallest absolute Gasteiger partial charge is 0.220 e. The van der Waals surface area contributed by atoms with Gasteiger partial charge >= 0.3 is 0 Å². The molecule has 174 valence electrons. The summed E-state index contributed by atoms with van der Waals surface area (Å²) >= 11 is 0. The first-order valence-electron chi connectivity index (χ1n) is 12.4. The van der Waals surface area contributed by atoms with Crippen LogP contribution in [0, 0.1) is 0 Å². The minimum atomic E-state index is -0.115. The number of hydrogen-bond donors (Lipinski definition) is 1. The van der Waals surface area contributed by atoms with Crippen LogP contribution in [-0.2, 0) is 4.79 Å². The summed E-state index contributed by atoms with van der Waals surface area (Å²) in [6.07, 6.45) is 17.2. The molecular formula is C26H41NO4. The van der Waals surface area contributed by atoms with E-state index in [0.717, 1.165) is 12.8 Å². The molecule has 1 heterocycles. The molecular weight excluding hydrogens is 390 g/mol. The molecule has 0 spiro atoms. The van der Waals surface area contributed by atoms with Crippen molar-refractivity contribution in [2.45, 2.75) is 96.8 Å². The van der Waals surface area contributed by atoms with Gasteiger partial charge in [-0.05, 0) is 24.6 Å². The Hall–Kier alpha value is -2.04. The molecule has 0 saturated heterocycles.